The summed E-state index contributed by atoms with van der Waals surface area (Å²) in [5, 5.41) is 19.4. The van der Waals surface area contributed by atoms with Crippen molar-refractivity contribution < 1.29 is 23.7 Å². The lowest BCUT2D eigenvalue weighted by molar-refractivity contribution is 0.0397. The molecule has 148 valence electrons. The third kappa shape index (κ3) is 4.01. The van der Waals surface area contributed by atoms with Gasteiger partial charge in [0.2, 0.25) is 6.79 Å². The molecule has 3 aromatic rings. The quantitative estimate of drug-likeness (QED) is 0.574. The van der Waals surface area contributed by atoms with Crippen molar-refractivity contribution in [2.45, 2.75) is 24.8 Å². The fraction of sp³-hybridized carbons (Fsp3) is 0.368. The van der Waals surface area contributed by atoms with Gasteiger partial charge in [-0.25, -0.2) is 0 Å². The summed E-state index contributed by atoms with van der Waals surface area (Å²) in [6, 6.07) is 7.54. The van der Waals surface area contributed by atoms with Crippen LogP contribution in [0.1, 0.15) is 11.3 Å². The largest absolute Gasteiger partial charge is 0.469 e. The number of aromatic nitrogens is 3. The van der Waals surface area contributed by atoms with Gasteiger partial charge in [-0.05, 0) is 30.7 Å². The van der Waals surface area contributed by atoms with E-state index in [4.69, 9.17) is 18.6 Å². The molecule has 0 aliphatic carbocycles. The second kappa shape index (κ2) is 8.26. The minimum Gasteiger partial charge on any atom is -0.469 e. The van der Waals surface area contributed by atoms with Gasteiger partial charge in [-0.2, -0.15) is 0 Å². The zero-order valence-corrected chi connectivity index (χ0v) is 16.4. The maximum Gasteiger partial charge on any atom is 0.231 e. The number of aliphatic hydroxyl groups excluding tert-OH is 1. The number of rotatable bonds is 8. The molecule has 8 nitrogen and oxygen atoms in total. The first-order valence-electron chi connectivity index (χ1n) is 8.83. The molecular weight excluding hydrogens is 382 g/mol. The third-order valence-corrected chi connectivity index (χ3v) is 5.52. The van der Waals surface area contributed by atoms with Gasteiger partial charge in [0.05, 0.1) is 31.1 Å². The van der Waals surface area contributed by atoms with Gasteiger partial charge in [-0.15, -0.1) is 10.2 Å². The molecule has 1 aliphatic heterocycles. The number of fused-ring (bicyclic) bond motifs is 1. The molecule has 0 radical (unpaired) electrons. The molecule has 0 saturated carbocycles. The number of thioether (sulfide) groups is 1. The predicted molar refractivity (Wildman–Crippen MR) is 102 cm³/mol. The Morgan fingerprint density at radius 2 is 2.11 bits per heavy atom. The van der Waals surface area contributed by atoms with Crippen molar-refractivity contribution in [2.24, 2.45) is 7.05 Å². The van der Waals surface area contributed by atoms with Gasteiger partial charge >= 0.3 is 0 Å². The van der Waals surface area contributed by atoms with Crippen LogP contribution in [-0.4, -0.2) is 45.1 Å². The first-order chi connectivity index (χ1) is 13.6. The molecule has 2 aromatic heterocycles. The standard InChI is InChI=1S/C19H21N3O5S/c1-12-15(5-6-25-12)18-20-21-19(22(18)2)28-10-14(23)9-24-8-13-3-4-16-17(7-13)27-11-26-16/h3-7,14,23H,8-11H2,1-2H3/t14-/m0/s1. The summed E-state index contributed by atoms with van der Waals surface area (Å²) in [4.78, 5) is 0. The lowest BCUT2D eigenvalue weighted by Crippen LogP contribution is -2.18. The van der Waals surface area contributed by atoms with Crippen molar-refractivity contribution in [3.8, 4) is 22.9 Å². The number of ether oxygens (including phenoxy) is 3. The van der Waals surface area contributed by atoms with Crippen LogP contribution in [0.2, 0.25) is 0 Å². The molecule has 1 N–H and O–H groups in total. The van der Waals surface area contributed by atoms with Crippen molar-refractivity contribution in [1.29, 1.82) is 0 Å². The maximum absolute atomic E-state index is 10.2. The van der Waals surface area contributed by atoms with Crippen LogP contribution in [0.3, 0.4) is 0 Å². The zero-order chi connectivity index (χ0) is 19.5. The minimum absolute atomic E-state index is 0.229. The summed E-state index contributed by atoms with van der Waals surface area (Å²) in [6.07, 6.45) is 1.02. The molecule has 0 saturated heterocycles. The number of hydrogen-bond donors (Lipinski definition) is 1. The number of benzene rings is 1. The van der Waals surface area contributed by atoms with Crippen molar-refractivity contribution in [3.05, 3.63) is 41.9 Å². The van der Waals surface area contributed by atoms with Gasteiger partial charge in [-0.3, -0.25) is 0 Å². The van der Waals surface area contributed by atoms with Gasteiger partial charge in [0.15, 0.2) is 22.5 Å². The van der Waals surface area contributed by atoms with E-state index < -0.39 is 6.10 Å². The van der Waals surface area contributed by atoms with E-state index >= 15 is 0 Å². The summed E-state index contributed by atoms with van der Waals surface area (Å²) >= 11 is 1.43. The molecule has 0 bridgehead atoms. The van der Waals surface area contributed by atoms with Crippen LogP contribution >= 0.6 is 11.8 Å². The minimum atomic E-state index is -0.616. The third-order valence-electron chi connectivity index (χ3n) is 4.36. The van der Waals surface area contributed by atoms with Crippen molar-refractivity contribution in [2.75, 3.05) is 19.2 Å². The highest BCUT2D eigenvalue weighted by Crippen LogP contribution is 2.32. The van der Waals surface area contributed by atoms with Crippen LogP contribution < -0.4 is 9.47 Å². The second-order valence-electron chi connectivity index (χ2n) is 6.42. The average molecular weight is 403 g/mol. The van der Waals surface area contributed by atoms with Crippen LogP contribution in [0.15, 0.2) is 40.1 Å². The number of aliphatic hydroxyl groups is 1. The second-order valence-corrected chi connectivity index (χ2v) is 7.41. The molecule has 4 rings (SSSR count). The van der Waals surface area contributed by atoms with E-state index in [9.17, 15) is 5.11 Å². The van der Waals surface area contributed by atoms with Gasteiger partial charge in [-0.1, -0.05) is 17.8 Å². The van der Waals surface area contributed by atoms with Gasteiger partial charge in [0, 0.05) is 12.8 Å². The van der Waals surface area contributed by atoms with E-state index in [1.807, 2.05) is 42.8 Å². The number of hydrogen-bond acceptors (Lipinski definition) is 8. The SMILES string of the molecule is Cc1occc1-c1nnc(SC[C@@H](O)COCc2ccc3c(c2)OCO3)n1C. The Kier molecular flexibility index (Phi) is 5.56. The Morgan fingerprint density at radius 1 is 1.25 bits per heavy atom. The molecule has 0 amide bonds. The van der Waals surface area contributed by atoms with Gasteiger partial charge in [0.1, 0.15) is 5.76 Å². The van der Waals surface area contributed by atoms with Gasteiger partial charge < -0.3 is 28.3 Å². The Labute approximate surface area is 166 Å². The highest BCUT2D eigenvalue weighted by atomic mass is 32.2. The Bertz CT molecular complexity index is 955. The Balaban J connectivity index is 1.25. The molecule has 3 heterocycles. The van der Waals surface area contributed by atoms with E-state index in [0.29, 0.717) is 12.4 Å². The Hall–Kier alpha value is -2.49. The first-order valence-corrected chi connectivity index (χ1v) is 9.81. The zero-order valence-electron chi connectivity index (χ0n) is 15.6. The molecular formula is C19H21N3O5S. The highest BCUT2D eigenvalue weighted by molar-refractivity contribution is 7.99. The number of nitrogens with zero attached hydrogens (tertiary/aromatic N) is 3. The molecule has 1 aromatic carbocycles. The molecule has 0 fully saturated rings. The molecule has 1 aliphatic rings. The summed E-state index contributed by atoms with van der Waals surface area (Å²) in [7, 11) is 1.90. The van der Waals surface area contributed by atoms with E-state index in [1.165, 1.54) is 11.8 Å². The number of aryl methyl sites for hydroxylation is 1. The van der Waals surface area contributed by atoms with Crippen molar-refractivity contribution >= 4 is 11.8 Å². The lowest BCUT2D eigenvalue weighted by atomic mass is 10.2. The van der Waals surface area contributed by atoms with Crippen LogP contribution in [0.25, 0.3) is 11.4 Å². The van der Waals surface area contributed by atoms with Crippen LogP contribution in [0.5, 0.6) is 11.5 Å². The fourth-order valence-corrected chi connectivity index (χ4v) is 3.67. The fourth-order valence-electron chi connectivity index (χ4n) is 2.85. The van der Waals surface area contributed by atoms with E-state index in [2.05, 4.69) is 10.2 Å². The summed E-state index contributed by atoms with van der Waals surface area (Å²) in [5.74, 6) is 3.46. The smallest absolute Gasteiger partial charge is 0.231 e. The monoisotopic (exact) mass is 403 g/mol. The topological polar surface area (TPSA) is 91.8 Å². The predicted octanol–water partition coefficient (Wildman–Crippen LogP) is 2.78. The molecule has 1 atom stereocenters. The Morgan fingerprint density at radius 3 is 2.93 bits per heavy atom. The van der Waals surface area contributed by atoms with Crippen LogP contribution in [0.4, 0.5) is 0 Å². The first kappa shape index (κ1) is 18.9. The summed E-state index contributed by atoms with van der Waals surface area (Å²) in [5.41, 5.74) is 1.88. The van der Waals surface area contributed by atoms with Crippen LogP contribution in [0, 0.1) is 6.92 Å². The highest BCUT2D eigenvalue weighted by Gasteiger charge is 2.17. The van der Waals surface area contributed by atoms with Gasteiger partial charge in [0.25, 0.3) is 0 Å². The van der Waals surface area contributed by atoms with Crippen LogP contribution in [-0.2, 0) is 18.4 Å². The molecule has 28 heavy (non-hydrogen) atoms. The van der Waals surface area contributed by atoms with E-state index in [0.717, 1.165) is 39.4 Å². The summed E-state index contributed by atoms with van der Waals surface area (Å²) < 4.78 is 23.5. The van der Waals surface area contributed by atoms with E-state index in [-0.39, 0.29) is 13.4 Å². The molecule has 0 spiro atoms. The maximum atomic E-state index is 10.2. The van der Waals surface area contributed by atoms with E-state index in [1.54, 1.807) is 6.26 Å². The van der Waals surface area contributed by atoms with Crippen molar-refractivity contribution in [1.82, 2.24) is 14.8 Å². The summed E-state index contributed by atoms with van der Waals surface area (Å²) in [6.45, 7) is 2.76. The molecule has 0 unspecified atom stereocenters. The normalized spacial score (nSPS) is 13.8. The number of furan rings is 1. The van der Waals surface area contributed by atoms with Crippen molar-refractivity contribution in [3.63, 3.8) is 0 Å². The molecule has 9 heteroatoms. The average Bonchev–Trinajstić information content (AvgIpc) is 3.40. The lowest BCUT2D eigenvalue weighted by Gasteiger charge is -2.11.